The van der Waals surface area contributed by atoms with E-state index in [2.05, 4.69) is 0 Å². The third-order valence-corrected chi connectivity index (χ3v) is 6.57. The fourth-order valence-electron chi connectivity index (χ4n) is 2.56. The molecular weight excluding hydrogens is 402 g/mol. The normalized spacial score (nSPS) is 11.0. The molecule has 0 aromatic heterocycles. The Morgan fingerprint density at radius 3 is 2.07 bits per heavy atom. The van der Waals surface area contributed by atoms with Gasteiger partial charge < -0.3 is 14.7 Å². The quantitative estimate of drug-likeness (QED) is 0.551. The van der Waals surface area contributed by atoms with E-state index < -0.39 is 21.4 Å². The van der Waals surface area contributed by atoms with Crippen LogP contribution in [0.25, 0.3) is 0 Å². The van der Waals surface area contributed by atoms with Gasteiger partial charge in [0, 0.05) is 32.7 Å². The van der Waals surface area contributed by atoms with Crippen LogP contribution in [-0.4, -0.2) is 84.4 Å². The zero-order valence-corrected chi connectivity index (χ0v) is 18.7. The zero-order chi connectivity index (χ0) is 20.6. The van der Waals surface area contributed by atoms with E-state index in [1.54, 1.807) is 19.0 Å². The number of carbonyl (C=O) groups excluding carboxylic acids is 1. The summed E-state index contributed by atoms with van der Waals surface area (Å²) in [5, 5.41) is 0.535. The molecule has 150 valence electrons. The van der Waals surface area contributed by atoms with Crippen LogP contribution in [-0.2, 0) is 14.6 Å². The number of Topliss-reactive ketones (excluding diaryl/α,β-unsaturated/α-hetero) is 1. The van der Waals surface area contributed by atoms with Gasteiger partial charge in [0.1, 0.15) is 16.6 Å². The first kappa shape index (κ1) is 23.5. The first-order valence-corrected chi connectivity index (χ1v) is 11.3. The van der Waals surface area contributed by atoms with Gasteiger partial charge in [-0.3, -0.25) is 4.79 Å². The third kappa shape index (κ3) is 7.51. The first-order chi connectivity index (χ1) is 12.6. The number of nitrogens with zero attached hydrogens (tertiary/aromatic N) is 3. The molecule has 0 radical (unpaired) electrons. The fraction of sp³-hybridized carbons (Fsp3) is 0.500. The van der Waals surface area contributed by atoms with Gasteiger partial charge in [-0.05, 0) is 26.1 Å². The minimum absolute atomic E-state index is 0.0403. The van der Waals surface area contributed by atoms with Gasteiger partial charge in [0.2, 0.25) is 0 Å². The lowest BCUT2D eigenvalue weighted by atomic mass is 10.2. The van der Waals surface area contributed by atoms with Gasteiger partial charge in [-0.1, -0.05) is 42.5 Å². The van der Waals surface area contributed by atoms with E-state index in [1.807, 2.05) is 49.1 Å². The Bertz CT molecular complexity index is 763. The molecule has 6 nitrogen and oxygen atoms in total. The molecule has 0 bridgehead atoms. The minimum Gasteiger partial charge on any atom is -0.351 e. The molecule has 1 rings (SSSR count). The van der Waals surface area contributed by atoms with Gasteiger partial charge in [-0.25, -0.2) is 8.42 Å². The Labute approximate surface area is 173 Å². The molecule has 9 heteroatoms. The van der Waals surface area contributed by atoms with E-state index in [0.717, 1.165) is 18.7 Å². The predicted molar refractivity (Wildman–Crippen MR) is 118 cm³/mol. The standard InChI is InChI=1S/C18H27N3O3S3/c1-5-21(6-2)18(26)19(3)12-16(22)13-27(23,24)14-20(4)17(25)15-10-8-7-9-11-15/h7-11H,5-6,12-14H2,1-4H3. The van der Waals surface area contributed by atoms with Crippen molar-refractivity contribution >= 4 is 50.2 Å². The molecule has 0 heterocycles. The average molecular weight is 430 g/mol. The van der Waals surface area contributed by atoms with Crippen LogP contribution in [0.4, 0.5) is 0 Å². The number of thiocarbonyl (C=S) groups is 2. The number of hydrogen-bond acceptors (Lipinski definition) is 5. The zero-order valence-electron chi connectivity index (χ0n) is 16.2. The van der Waals surface area contributed by atoms with Gasteiger partial charge in [-0.2, -0.15) is 0 Å². The highest BCUT2D eigenvalue weighted by atomic mass is 32.2. The molecule has 1 aromatic rings. The molecule has 0 saturated carbocycles. The molecule has 0 spiro atoms. The maximum Gasteiger partial charge on any atom is 0.175 e. The van der Waals surface area contributed by atoms with Crippen molar-refractivity contribution in [2.24, 2.45) is 0 Å². The highest BCUT2D eigenvalue weighted by Crippen LogP contribution is 2.07. The predicted octanol–water partition coefficient (Wildman–Crippen LogP) is 1.79. The number of ketones is 1. The fourth-order valence-corrected chi connectivity index (χ4v) is 4.56. The van der Waals surface area contributed by atoms with Crippen LogP contribution in [0.5, 0.6) is 0 Å². The molecule has 0 atom stereocenters. The SMILES string of the molecule is CCN(CC)C(=S)N(C)CC(=O)CS(=O)(=O)CN(C)C(=S)c1ccccc1. The molecular formula is C18H27N3O3S3. The molecule has 0 aliphatic rings. The summed E-state index contributed by atoms with van der Waals surface area (Å²) in [5.74, 6) is -1.25. The van der Waals surface area contributed by atoms with Gasteiger partial charge in [0.25, 0.3) is 0 Å². The van der Waals surface area contributed by atoms with Gasteiger partial charge in [0.05, 0.1) is 6.54 Å². The molecule has 0 saturated heterocycles. The second-order valence-electron chi connectivity index (χ2n) is 6.24. The van der Waals surface area contributed by atoms with E-state index in [0.29, 0.717) is 10.1 Å². The molecule has 0 unspecified atom stereocenters. The van der Waals surface area contributed by atoms with E-state index in [-0.39, 0.29) is 12.4 Å². The van der Waals surface area contributed by atoms with Crippen LogP contribution in [0.15, 0.2) is 30.3 Å². The van der Waals surface area contributed by atoms with Crippen LogP contribution in [0.1, 0.15) is 19.4 Å². The number of likely N-dealkylation sites (N-methyl/N-ethyl adjacent to an activating group) is 1. The Kier molecular flexibility index (Phi) is 9.28. The van der Waals surface area contributed by atoms with Crippen LogP contribution in [0, 0.1) is 0 Å². The highest BCUT2D eigenvalue weighted by molar-refractivity contribution is 7.92. The average Bonchev–Trinajstić information content (AvgIpc) is 2.61. The lowest BCUT2D eigenvalue weighted by molar-refractivity contribution is -0.116. The largest absolute Gasteiger partial charge is 0.351 e. The molecule has 1 aromatic carbocycles. The number of hydrogen-bond donors (Lipinski definition) is 0. The van der Waals surface area contributed by atoms with Crippen molar-refractivity contribution in [3.8, 4) is 0 Å². The molecule has 0 N–H and O–H groups in total. The minimum atomic E-state index is -3.63. The molecule has 0 amide bonds. The van der Waals surface area contributed by atoms with Gasteiger partial charge >= 0.3 is 0 Å². The van der Waals surface area contributed by atoms with Gasteiger partial charge in [0.15, 0.2) is 20.7 Å². The maximum absolute atomic E-state index is 12.4. The van der Waals surface area contributed by atoms with E-state index >= 15 is 0 Å². The Morgan fingerprint density at radius 2 is 1.56 bits per heavy atom. The van der Waals surface area contributed by atoms with Crippen LogP contribution in [0.3, 0.4) is 0 Å². The summed E-state index contributed by atoms with van der Waals surface area (Å²) in [7, 11) is -0.324. The summed E-state index contributed by atoms with van der Waals surface area (Å²) in [4.78, 5) is 17.7. The lowest BCUT2D eigenvalue weighted by Gasteiger charge is -2.29. The smallest absolute Gasteiger partial charge is 0.175 e. The monoisotopic (exact) mass is 429 g/mol. The van der Waals surface area contributed by atoms with E-state index in [1.165, 1.54) is 4.90 Å². The lowest BCUT2D eigenvalue weighted by Crippen LogP contribution is -2.44. The summed E-state index contributed by atoms with van der Waals surface area (Å²) in [6.07, 6.45) is 0. The summed E-state index contributed by atoms with van der Waals surface area (Å²) >= 11 is 10.7. The van der Waals surface area contributed by atoms with E-state index in [4.69, 9.17) is 24.4 Å². The third-order valence-electron chi connectivity index (χ3n) is 3.91. The summed E-state index contributed by atoms with van der Waals surface area (Å²) in [6.45, 7) is 5.37. The maximum atomic E-state index is 12.4. The van der Waals surface area contributed by atoms with Crippen LogP contribution >= 0.6 is 24.4 Å². The van der Waals surface area contributed by atoms with E-state index in [9.17, 15) is 13.2 Å². The van der Waals surface area contributed by atoms with Crippen molar-refractivity contribution < 1.29 is 13.2 Å². The Hall–Kier alpha value is -1.58. The number of benzene rings is 1. The number of sulfone groups is 1. The van der Waals surface area contributed by atoms with Crippen LogP contribution < -0.4 is 0 Å². The Balaban J connectivity index is 2.64. The number of carbonyl (C=O) groups is 1. The molecule has 0 fully saturated rings. The van der Waals surface area contributed by atoms with Crippen molar-refractivity contribution in [1.29, 1.82) is 0 Å². The summed E-state index contributed by atoms with van der Waals surface area (Å²) in [5.41, 5.74) is 0.765. The van der Waals surface area contributed by atoms with Crippen molar-refractivity contribution in [3.63, 3.8) is 0 Å². The topological polar surface area (TPSA) is 60.9 Å². The van der Waals surface area contributed by atoms with Crippen molar-refractivity contribution in [2.45, 2.75) is 13.8 Å². The Morgan fingerprint density at radius 1 is 1.00 bits per heavy atom. The van der Waals surface area contributed by atoms with Crippen molar-refractivity contribution in [1.82, 2.24) is 14.7 Å². The van der Waals surface area contributed by atoms with Crippen molar-refractivity contribution in [3.05, 3.63) is 35.9 Å². The molecule has 0 aliphatic heterocycles. The molecule has 0 aliphatic carbocycles. The highest BCUT2D eigenvalue weighted by Gasteiger charge is 2.22. The summed E-state index contributed by atoms with van der Waals surface area (Å²) in [6, 6.07) is 9.17. The van der Waals surface area contributed by atoms with Crippen molar-refractivity contribution in [2.75, 3.05) is 45.4 Å². The number of rotatable bonds is 9. The van der Waals surface area contributed by atoms with Crippen LogP contribution in [0.2, 0.25) is 0 Å². The second kappa shape index (κ2) is 10.7. The summed E-state index contributed by atoms with van der Waals surface area (Å²) < 4.78 is 24.8. The second-order valence-corrected chi connectivity index (χ2v) is 9.02. The first-order valence-electron chi connectivity index (χ1n) is 8.64. The van der Waals surface area contributed by atoms with Gasteiger partial charge in [-0.15, -0.1) is 0 Å². The molecule has 27 heavy (non-hydrogen) atoms.